The second kappa shape index (κ2) is 5.93. The van der Waals surface area contributed by atoms with Gasteiger partial charge in [-0.3, -0.25) is 4.79 Å². The van der Waals surface area contributed by atoms with Crippen LogP contribution in [0.3, 0.4) is 0 Å². The van der Waals surface area contributed by atoms with Crippen LogP contribution in [0.5, 0.6) is 0 Å². The molecule has 0 fully saturated rings. The fourth-order valence-corrected chi connectivity index (χ4v) is 2.22. The van der Waals surface area contributed by atoms with E-state index in [9.17, 15) is 4.79 Å². The maximum atomic E-state index is 11.6. The van der Waals surface area contributed by atoms with Gasteiger partial charge in [0.05, 0.1) is 5.69 Å². The minimum absolute atomic E-state index is 0.0370. The highest BCUT2D eigenvalue weighted by atomic mass is 16.1. The average molecular weight is 295 g/mol. The Kier molecular flexibility index (Phi) is 3.82. The quantitative estimate of drug-likeness (QED) is 0.803. The molecule has 0 saturated heterocycles. The van der Waals surface area contributed by atoms with Gasteiger partial charge in [-0.25, -0.2) is 0 Å². The third-order valence-corrected chi connectivity index (χ3v) is 3.36. The second-order valence-electron chi connectivity index (χ2n) is 5.11. The number of carbonyl (C=O) groups is 1. The van der Waals surface area contributed by atoms with Crippen molar-refractivity contribution in [3.63, 3.8) is 0 Å². The lowest BCUT2D eigenvalue weighted by molar-refractivity contribution is -0.116. The summed E-state index contributed by atoms with van der Waals surface area (Å²) in [7, 11) is 0. The third-order valence-electron chi connectivity index (χ3n) is 3.36. The fraction of sp³-hybridized carbons (Fsp3) is 0.250. The Bertz CT molecular complexity index is 807. The molecule has 2 heterocycles. The molecule has 112 valence electrons. The number of amides is 1. The van der Waals surface area contributed by atoms with Crippen LogP contribution >= 0.6 is 0 Å². The molecule has 1 aromatic carbocycles. The van der Waals surface area contributed by atoms with Crippen LogP contribution in [-0.2, 0) is 4.79 Å². The fourth-order valence-electron chi connectivity index (χ4n) is 2.22. The number of nitrogens with one attached hydrogen (secondary N) is 1. The topological polar surface area (TPSA) is 72.2 Å². The highest BCUT2D eigenvalue weighted by Crippen LogP contribution is 2.20. The summed E-state index contributed by atoms with van der Waals surface area (Å²) >= 11 is 0. The molecule has 6 heteroatoms. The van der Waals surface area contributed by atoms with Crippen molar-refractivity contribution in [1.82, 2.24) is 19.8 Å². The van der Waals surface area contributed by atoms with Gasteiger partial charge in [0.25, 0.3) is 0 Å². The molecule has 1 amide bonds. The van der Waals surface area contributed by atoms with E-state index in [1.807, 2.05) is 50.2 Å². The lowest BCUT2D eigenvalue weighted by Crippen LogP contribution is -2.10. The third kappa shape index (κ3) is 2.81. The smallest absolute Gasteiger partial charge is 0.224 e. The molecular formula is C16H17N5O. The second-order valence-corrected chi connectivity index (χ2v) is 5.11. The van der Waals surface area contributed by atoms with Crippen molar-refractivity contribution < 1.29 is 4.79 Å². The van der Waals surface area contributed by atoms with E-state index in [4.69, 9.17) is 0 Å². The van der Waals surface area contributed by atoms with E-state index in [2.05, 4.69) is 20.6 Å². The van der Waals surface area contributed by atoms with E-state index < -0.39 is 0 Å². The summed E-state index contributed by atoms with van der Waals surface area (Å²) in [6.07, 6.45) is 1.37. The monoisotopic (exact) mass is 295 g/mol. The van der Waals surface area contributed by atoms with E-state index in [1.165, 1.54) is 0 Å². The van der Waals surface area contributed by atoms with Gasteiger partial charge in [-0.2, -0.15) is 9.61 Å². The zero-order valence-corrected chi connectivity index (χ0v) is 12.6. The largest absolute Gasteiger partial charge is 0.326 e. The van der Waals surface area contributed by atoms with Gasteiger partial charge in [-0.05, 0) is 37.6 Å². The molecule has 6 nitrogen and oxygen atoms in total. The highest BCUT2D eigenvalue weighted by molar-refractivity contribution is 5.90. The van der Waals surface area contributed by atoms with E-state index >= 15 is 0 Å². The first-order valence-corrected chi connectivity index (χ1v) is 7.26. The van der Waals surface area contributed by atoms with Crippen LogP contribution in [0, 0.1) is 6.92 Å². The molecule has 0 aliphatic rings. The van der Waals surface area contributed by atoms with Crippen LogP contribution in [0.25, 0.3) is 16.9 Å². The van der Waals surface area contributed by atoms with Crippen molar-refractivity contribution in [3.05, 3.63) is 42.2 Å². The number of fused-ring (bicyclic) bond motifs is 1. The molecular weight excluding hydrogens is 278 g/mol. The van der Waals surface area contributed by atoms with Crippen molar-refractivity contribution >= 4 is 17.2 Å². The van der Waals surface area contributed by atoms with Gasteiger partial charge >= 0.3 is 0 Å². The van der Waals surface area contributed by atoms with Crippen molar-refractivity contribution in [2.75, 3.05) is 5.32 Å². The first-order chi connectivity index (χ1) is 10.7. The van der Waals surface area contributed by atoms with Gasteiger partial charge in [0.1, 0.15) is 0 Å². The minimum Gasteiger partial charge on any atom is -0.326 e. The maximum absolute atomic E-state index is 11.6. The van der Waals surface area contributed by atoms with Crippen LogP contribution in [-0.4, -0.2) is 25.7 Å². The summed E-state index contributed by atoms with van der Waals surface area (Å²) in [6, 6.07) is 11.4. The summed E-state index contributed by atoms with van der Waals surface area (Å²) in [4.78, 5) is 11.6. The minimum atomic E-state index is 0.0370. The van der Waals surface area contributed by atoms with E-state index in [1.54, 1.807) is 4.52 Å². The Balaban J connectivity index is 1.84. The summed E-state index contributed by atoms with van der Waals surface area (Å²) < 4.78 is 1.71. The van der Waals surface area contributed by atoms with Crippen molar-refractivity contribution in [2.45, 2.75) is 26.7 Å². The van der Waals surface area contributed by atoms with Crippen LogP contribution in [0.15, 0.2) is 36.4 Å². The standard InChI is InChI=1S/C16H17N5O/c1-3-4-16(22)17-13-7-5-12(6-8-13)14-9-10-15-19-18-11(2)21(15)20-14/h5-10H,3-4H2,1-2H3,(H,17,22). The molecule has 0 bridgehead atoms. The molecule has 0 radical (unpaired) electrons. The summed E-state index contributed by atoms with van der Waals surface area (Å²) in [6.45, 7) is 3.85. The molecule has 0 aliphatic heterocycles. The van der Waals surface area contributed by atoms with Gasteiger partial charge in [0.2, 0.25) is 5.91 Å². The Morgan fingerprint density at radius 3 is 2.64 bits per heavy atom. The van der Waals surface area contributed by atoms with Crippen molar-refractivity contribution in [2.24, 2.45) is 0 Å². The highest BCUT2D eigenvalue weighted by Gasteiger charge is 2.06. The van der Waals surface area contributed by atoms with Crippen molar-refractivity contribution in [3.8, 4) is 11.3 Å². The number of hydrogen-bond acceptors (Lipinski definition) is 4. The molecule has 2 aromatic heterocycles. The van der Waals surface area contributed by atoms with Crippen LogP contribution < -0.4 is 5.32 Å². The zero-order valence-electron chi connectivity index (χ0n) is 12.6. The summed E-state index contributed by atoms with van der Waals surface area (Å²) in [5.41, 5.74) is 3.33. The molecule has 22 heavy (non-hydrogen) atoms. The number of nitrogens with zero attached hydrogens (tertiary/aromatic N) is 4. The van der Waals surface area contributed by atoms with Crippen LogP contribution in [0.4, 0.5) is 5.69 Å². The Morgan fingerprint density at radius 1 is 1.14 bits per heavy atom. The maximum Gasteiger partial charge on any atom is 0.224 e. The van der Waals surface area contributed by atoms with E-state index in [0.29, 0.717) is 6.42 Å². The molecule has 0 aliphatic carbocycles. The summed E-state index contributed by atoms with van der Waals surface area (Å²) in [5.74, 6) is 0.787. The predicted octanol–water partition coefficient (Wildman–Crippen LogP) is 2.84. The SMILES string of the molecule is CCCC(=O)Nc1ccc(-c2ccc3nnc(C)n3n2)cc1. The van der Waals surface area contributed by atoms with Crippen LogP contribution in [0.1, 0.15) is 25.6 Å². The van der Waals surface area contributed by atoms with Crippen LogP contribution in [0.2, 0.25) is 0 Å². The van der Waals surface area contributed by atoms with Gasteiger partial charge in [0, 0.05) is 17.7 Å². The number of benzene rings is 1. The molecule has 3 rings (SSSR count). The number of rotatable bonds is 4. The van der Waals surface area contributed by atoms with E-state index in [-0.39, 0.29) is 5.91 Å². The normalized spacial score (nSPS) is 10.8. The lowest BCUT2D eigenvalue weighted by Gasteiger charge is -2.06. The van der Waals surface area contributed by atoms with Gasteiger partial charge < -0.3 is 5.32 Å². The van der Waals surface area contributed by atoms with Gasteiger partial charge in [-0.15, -0.1) is 10.2 Å². The molecule has 0 saturated carbocycles. The molecule has 1 N–H and O–H groups in total. The van der Waals surface area contributed by atoms with Gasteiger partial charge in [0.15, 0.2) is 11.5 Å². The number of anilines is 1. The van der Waals surface area contributed by atoms with Gasteiger partial charge in [-0.1, -0.05) is 19.1 Å². The number of aryl methyl sites for hydroxylation is 1. The summed E-state index contributed by atoms with van der Waals surface area (Å²) in [5, 5.41) is 15.4. The molecule has 0 unspecified atom stereocenters. The lowest BCUT2D eigenvalue weighted by atomic mass is 10.1. The molecule has 3 aromatic rings. The average Bonchev–Trinajstić information content (AvgIpc) is 2.89. The number of hydrogen-bond donors (Lipinski definition) is 1. The van der Waals surface area contributed by atoms with E-state index in [0.717, 1.165) is 34.8 Å². The number of carbonyl (C=O) groups excluding carboxylic acids is 1. The first-order valence-electron chi connectivity index (χ1n) is 7.26. The Labute approximate surface area is 128 Å². The first kappa shape index (κ1) is 14.2. The Hall–Kier alpha value is -2.76. The molecule has 0 atom stereocenters. The zero-order chi connectivity index (χ0) is 15.5. The predicted molar refractivity (Wildman–Crippen MR) is 84.5 cm³/mol. The Morgan fingerprint density at radius 2 is 1.91 bits per heavy atom. The van der Waals surface area contributed by atoms with Crippen molar-refractivity contribution in [1.29, 1.82) is 0 Å². The number of aromatic nitrogens is 4. The molecule has 0 spiro atoms.